The number of carbonyl (C=O) groups is 2. The maximum Gasteiger partial charge on any atom is 0.322 e. The van der Waals surface area contributed by atoms with Crippen LogP contribution in [-0.4, -0.2) is 45.0 Å². The van der Waals surface area contributed by atoms with Crippen LogP contribution >= 0.6 is 0 Å². The van der Waals surface area contributed by atoms with Crippen LogP contribution in [0, 0.1) is 10.1 Å². The van der Waals surface area contributed by atoms with Crippen LogP contribution in [0.25, 0.3) is 11.0 Å². The molecule has 1 aromatic heterocycles. The van der Waals surface area contributed by atoms with E-state index in [1.165, 1.54) is 6.07 Å². The molecule has 5 N–H and O–H groups in total. The molecule has 0 saturated heterocycles. The number of aromatic amines is 2. The first-order chi connectivity index (χ1) is 11.8. The first-order valence-electron chi connectivity index (χ1n) is 6.90. The van der Waals surface area contributed by atoms with Gasteiger partial charge in [0, 0.05) is 18.7 Å². The van der Waals surface area contributed by atoms with Crippen LogP contribution in [0.2, 0.25) is 0 Å². The second-order valence-electron chi connectivity index (χ2n) is 4.97. The van der Waals surface area contributed by atoms with Crippen molar-refractivity contribution in [2.24, 2.45) is 0 Å². The van der Waals surface area contributed by atoms with Crippen LogP contribution in [0.5, 0.6) is 0 Å². The SMILES string of the molecule is O=C(O)CNC(=O)CNCc1cc([N+](=O)[O-])cc2[nH]c(=O)c(=O)[nH]c12. The minimum absolute atomic E-state index is 0.0410. The Hall–Kier alpha value is -3.54. The number of hydrogen-bond acceptors (Lipinski definition) is 7. The molecule has 0 aliphatic carbocycles. The summed E-state index contributed by atoms with van der Waals surface area (Å²) < 4.78 is 0. The van der Waals surface area contributed by atoms with Gasteiger partial charge >= 0.3 is 17.1 Å². The van der Waals surface area contributed by atoms with E-state index in [0.29, 0.717) is 0 Å². The van der Waals surface area contributed by atoms with E-state index in [2.05, 4.69) is 20.6 Å². The normalized spacial score (nSPS) is 10.6. The predicted octanol–water partition coefficient (Wildman–Crippen LogP) is -1.58. The van der Waals surface area contributed by atoms with Gasteiger partial charge in [-0.1, -0.05) is 0 Å². The fraction of sp³-hybridized carbons (Fsp3) is 0.231. The monoisotopic (exact) mass is 351 g/mol. The van der Waals surface area contributed by atoms with Gasteiger partial charge in [-0.2, -0.15) is 0 Å². The summed E-state index contributed by atoms with van der Waals surface area (Å²) in [5.74, 6) is -1.78. The predicted molar refractivity (Wildman–Crippen MR) is 84.2 cm³/mol. The van der Waals surface area contributed by atoms with E-state index >= 15 is 0 Å². The molecule has 0 radical (unpaired) electrons. The Labute approximate surface area is 138 Å². The fourth-order valence-electron chi connectivity index (χ4n) is 2.07. The number of aliphatic carboxylic acids is 1. The van der Waals surface area contributed by atoms with Gasteiger partial charge in [-0.15, -0.1) is 0 Å². The lowest BCUT2D eigenvalue weighted by atomic mass is 10.1. The van der Waals surface area contributed by atoms with E-state index in [0.717, 1.165) is 6.07 Å². The van der Waals surface area contributed by atoms with Crippen molar-refractivity contribution in [2.75, 3.05) is 13.1 Å². The summed E-state index contributed by atoms with van der Waals surface area (Å²) >= 11 is 0. The molecule has 0 bridgehead atoms. The van der Waals surface area contributed by atoms with Crippen molar-refractivity contribution >= 4 is 28.6 Å². The van der Waals surface area contributed by atoms with Crippen molar-refractivity contribution in [2.45, 2.75) is 6.54 Å². The molecule has 1 heterocycles. The summed E-state index contributed by atoms with van der Waals surface area (Å²) in [6, 6.07) is 2.30. The maximum absolute atomic E-state index is 11.5. The number of nitrogens with one attached hydrogen (secondary N) is 4. The van der Waals surface area contributed by atoms with Crippen LogP contribution in [0.1, 0.15) is 5.56 Å². The Balaban J connectivity index is 2.24. The zero-order valence-corrected chi connectivity index (χ0v) is 12.6. The molecule has 12 heteroatoms. The number of fused-ring (bicyclic) bond motifs is 1. The second-order valence-corrected chi connectivity index (χ2v) is 4.97. The molecule has 12 nitrogen and oxygen atoms in total. The lowest BCUT2D eigenvalue weighted by molar-refractivity contribution is -0.384. The van der Waals surface area contributed by atoms with E-state index in [4.69, 9.17) is 5.11 Å². The highest BCUT2D eigenvalue weighted by molar-refractivity contribution is 5.83. The van der Waals surface area contributed by atoms with Crippen LogP contribution in [0.3, 0.4) is 0 Å². The van der Waals surface area contributed by atoms with Gasteiger partial charge in [0.05, 0.1) is 22.5 Å². The second kappa shape index (κ2) is 7.35. The largest absolute Gasteiger partial charge is 0.480 e. The number of hydrogen-bond donors (Lipinski definition) is 5. The molecule has 0 aliphatic heterocycles. The number of carboxylic acids is 1. The molecule has 2 rings (SSSR count). The third-order valence-electron chi connectivity index (χ3n) is 3.15. The average molecular weight is 351 g/mol. The molecule has 0 fully saturated rings. The highest BCUT2D eigenvalue weighted by Crippen LogP contribution is 2.21. The molecule has 1 amide bonds. The lowest BCUT2D eigenvalue weighted by Crippen LogP contribution is -2.36. The standard InChI is InChI=1S/C13H13N5O7/c19-9(15-5-10(20)21)4-14-3-6-1-7(18(24)25)2-8-11(6)17-13(23)12(22)16-8/h1-2,14H,3-5H2,(H,15,19)(H,16,22)(H,17,23)(H,20,21). The summed E-state index contributed by atoms with van der Waals surface area (Å²) in [5, 5.41) is 24.2. The quantitative estimate of drug-likeness (QED) is 0.224. The van der Waals surface area contributed by atoms with Crippen LogP contribution in [-0.2, 0) is 16.1 Å². The summed E-state index contributed by atoms with van der Waals surface area (Å²) in [6.07, 6.45) is 0. The Bertz CT molecular complexity index is 961. The summed E-state index contributed by atoms with van der Waals surface area (Å²) in [5.41, 5.74) is -1.62. The van der Waals surface area contributed by atoms with Crippen molar-refractivity contribution in [3.8, 4) is 0 Å². The number of nitrogens with zero attached hydrogens (tertiary/aromatic N) is 1. The number of nitro benzene ring substituents is 1. The van der Waals surface area contributed by atoms with Gasteiger partial charge in [0.15, 0.2) is 0 Å². The number of carbonyl (C=O) groups excluding carboxylic acids is 1. The van der Waals surface area contributed by atoms with Crippen molar-refractivity contribution < 1.29 is 19.6 Å². The lowest BCUT2D eigenvalue weighted by Gasteiger charge is -2.08. The number of H-pyrrole nitrogens is 2. The van der Waals surface area contributed by atoms with E-state index in [9.17, 15) is 29.3 Å². The number of carboxylic acid groups (broad SMARTS) is 1. The maximum atomic E-state index is 11.5. The smallest absolute Gasteiger partial charge is 0.322 e. The number of amides is 1. The van der Waals surface area contributed by atoms with E-state index in [1.54, 1.807) is 0 Å². The minimum atomic E-state index is -1.19. The van der Waals surface area contributed by atoms with Gasteiger partial charge < -0.3 is 25.7 Å². The van der Waals surface area contributed by atoms with Gasteiger partial charge in [-0.05, 0) is 5.56 Å². The highest BCUT2D eigenvalue weighted by atomic mass is 16.6. The van der Waals surface area contributed by atoms with Crippen molar-refractivity contribution in [1.82, 2.24) is 20.6 Å². The molecule has 0 unspecified atom stereocenters. The zero-order chi connectivity index (χ0) is 18.6. The summed E-state index contributed by atoms with van der Waals surface area (Å²) in [6.45, 7) is -0.819. The molecule has 0 atom stereocenters. The van der Waals surface area contributed by atoms with Gasteiger partial charge in [-0.3, -0.25) is 29.3 Å². The fourth-order valence-corrected chi connectivity index (χ4v) is 2.07. The van der Waals surface area contributed by atoms with Crippen molar-refractivity contribution in [3.05, 3.63) is 48.5 Å². The molecule has 0 saturated carbocycles. The van der Waals surface area contributed by atoms with E-state index in [1.807, 2.05) is 0 Å². The van der Waals surface area contributed by atoms with Gasteiger partial charge in [-0.25, -0.2) is 0 Å². The highest BCUT2D eigenvalue weighted by Gasteiger charge is 2.14. The Kier molecular flexibility index (Phi) is 5.24. The van der Waals surface area contributed by atoms with Gasteiger partial charge in [0.25, 0.3) is 5.69 Å². The molecular weight excluding hydrogens is 338 g/mol. The molecule has 0 aliphatic rings. The number of rotatable bonds is 7. The Morgan fingerprint density at radius 2 is 1.84 bits per heavy atom. The molecule has 132 valence electrons. The third-order valence-corrected chi connectivity index (χ3v) is 3.15. The number of nitro groups is 1. The average Bonchev–Trinajstić information content (AvgIpc) is 2.54. The van der Waals surface area contributed by atoms with Gasteiger partial charge in [0.1, 0.15) is 6.54 Å². The Morgan fingerprint density at radius 1 is 1.16 bits per heavy atom. The Morgan fingerprint density at radius 3 is 2.48 bits per heavy atom. The molecule has 2 aromatic rings. The first kappa shape index (κ1) is 17.8. The van der Waals surface area contributed by atoms with Crippen molar-refractivity contribution in [3.63, 3.8) is 0 Å². The topological polar surface area (TPSA) is 187 Å². The summed E-state index contributed by atoms with van der Waals surface area (Å²) in [4.78, 5) is 59.5. The van der Waals surface area contributed by atoms with Gasteiger partial charge in [0.2, 0.25) is 5.91 Å². The first-order valence-corrected chi connectivity index (χ1v) is 6.90. The van der Waals surface area contributed by atoms with Crippen LogP contribution < -0.4 is 21.8 Å². The number of benzene rings is 1. The van der Waals surface area contributed by atoms with Crippen molar-refractivity contribution in [1.29, 1.82) is 0 Å². The molecule has 0 spiro atoms. The molecular formula is C13H13N5O7. The third kappa shape index (κ3) is 4.48. The molecule has 25 heavy (non-hydrogen) atoms. The number of non-ortho nitro benzene ring substituents is 1. The van der Waals surface area contributed by atoms with Crippen LogP contribution in [0.4, 0.5) is 5.69 Å². The minimum Gasteiger partial charge on any atom is -0.480 e. The summed E-state index contributed by atoms with van der Waals surface area (Å²) in [7, 11) is 0. The van der Waals surface area contributed by atoms with Crippen LogP contribution in [0.15, 0.2) is 21.7 Å². The van der Waals surface area contributed by atoms with E-state index < -0.39 is 34.5 Å². The van der Waals surface area contributed by atoms with E-state index in [-0.39, 0.29) is 35.4 Å². The molecule has 1 aromatic carbocycles. The zero-order valence-electron chi connectivity index (χ0n) is 12.6. The number of aromatic nitrogens is 2.